The van der Waals surface area contributed by atoms with E-state index in [9.17, 15) is 0 Å². The fourth-order valence-electron chi connectivity index (χ4n) is 2.49. The van der Waals surface area contributed by atoms with Crippen molar-refractivity contribution in [2.45, 2.75) is 31.8 Å². The molecule has 1 aliphatic heterocycles. The average Bonchev–Trinajstić information content (AvgIpc) is 2.72. The monoisotopic (exact) mass is 252 g/mol. The van der Waals surface area contributed by atoms with E-state index >= 15 is 0 Å². The van der Waals surface area contributed by atoms with Crippen LogP contribution in [0.3, 0.4) is 0 Å². The Morgan fingerprint density at radius 2 is 2.24 bits per heavy atom. The van der Waals surface area contributed by atoms with Gasteiger partial charge in [0.05, 0.1) is 0 Å². The Morgan fingerprint density at radius 3 is 2.88 bits per heavy atom. The minimum absolute atomic E-state index is 0.317. The van der Waals surface area contributed by atoms with Gasteiger partial charge in [-0.1, -0.05) is 29.8 Å². The molecule has 2 unspecified atom stereocenters. The van der Waals surface area contributed by atoms with Gasteiger partial charge in [-0.15, -0.1) is 0 Å². The van der Waals surface area contributed by atoms with Crippen molar-refractivity contribution in [3.63, 3.8) is 0 Å². The number of hydrogen-bond donors (Lipinski definition) is 1. The van der Waals surface area contributed by atoms with Crippen LogP contribution in [0.2, 0.25) is 5.02 Å². The molecule has 3 heteroatoms. The molecule has 0 amide bonds. The lowest BCUT2D eigenvalue weighted by Crippen LogP contribution is -2.36. The van der Waals surface area contributed by atoms with Crippen LogP contribution in [-0.4, -0.2) is 31.1 Å². The Balaban J connectivity index is 1.89. The number of benzene rings is 1. The lowest BCUT2D eigenvalue weighted by molar-refractivity contribution is 0.293. The zero-order valence-corrected chi connectivity index (χ0v) is 11.4. The molecule has 0 bridgehead atoms. The lowest BCUT2D eigenvalue weighted by Gasteiger charge is -2.23. The van der Waals surface area contributed by atoms with Gasteiger partial charge in [0.25, 0.3) is 0 Å². The van der Waals surface area contributed by atoms with Crippen molar-refractivity contribution in [3.05, 3.63) is 34.9 Å². The molecule has 1 heterocycles. The topological polar surface area (TPSA) is 15.3 Å². The Hall–Kier alpha value is -0.570. The molecule has 1 saturated heterocycles. The molecule has 1 aliphatic rings. The molecule has 1 aromatic carbocycles. The number of nitrogens with zero attached hydrogens (tertiary/aromatic N) is 1. The Bertz CT molecular complexity index is 367. The van der Waals surface area contributed by atoms with E-state index < -0.39 is 0 Å². The van der Waals surface area contributed by atoms with Crippen LogP contribution in [0.1, 0.15) is 31.4 Å². The highest BCUT2D eigenvalue weighted by Gasteiger charge is 2.21. The van der Waals surface area contributed by atoms with Gasteiger partial charge < -0.3 is 10.2 Å². The van der Waals surface area contributed by atoms with Gasteiger partial charge in [-0.05, 0) is 45.0 Å². The summed E-state index contributed by atoms with van der Waals surface area (Å²) in [6.45, 7) is 4.45. The number of hydrogen-bond acceptors (Lipinski definition) is 2. The minimum Gasteiger partial charge on any atom is -0.309 e. The fraction of sp³-hybridized carbons (Fsp3) is 0.571. The van der Waals surface area contributed by atoms with E-state index in [4.69, 9.17) is 11.6 Å². The summed E-state index contributed by atoms with van der Waals surface area (Å²) in [4.78, 5) is 2.44. The van der Waals surface area contributed by atoms with Crippen molar-refractivity contribution < 1.29 is 0 Å². The van der Waals surface area contributed by atoms with Gasteiger partial charge in [-0.2, -0.15) is 0 Å². The maximum absolute atomic E-state index is 6.19. The van der Waals surface area contributed by atoms with Gasteiger partial charge in [0.2, 0.25) is 0 Å². The number of halogens is 1. The third-order valence-corrected chi connectivity index (χ3v) is 4.05. The van der Waals surface area contributed by atoms with Crippen LogP contribution in [-0.2, 0) is 0 Å². The summed E-state index contributed by atoms with van der Waals surface area (Å²) in [5.41, 5.74) is 1.19. The second-order valence-electron chi connectivity index (χ2n) is 4.93. The van der Waals surface area contributed by atoms with Gasteiger partial charge in [-0.25, -0.2) is 0 Å². The maximum Gasteiger partial charge on any atom is 0.0453 e. The quantitative estimate of drug-likeness (QED) is 0.886. The van der Waals surface area contributed by atoms with Crippen LogP contribution in [0.5, 0.6) is 0 Å². The first-order valence-electron chi connectivity index (χ1n) is 6.36. The number of likely N-dealkylation sites (N-methyl/N-ethyl adjacent to an activating group) is 1. The summed E-state index contributed by atoms with van der Waals surface area (Å²) in [6, 6.07) is 9.07. The summed E-state index contributed by atoms with van der Waals surface area (Å²) in [6.07, 6.45) is 2.63. The van der Waals surface area contributed by atoms with Crippen LogP contribution in [0.15, 0.2) is 24.3 Å². The van der Waals surface area contributed by atoms with Gasteiger partial charge in [0.15, 0.2) is 0 Å². The first-order valence-corrected chi connectivity index (χ1v) is 6.74. The Kier molecular flexibility index (Phi) is 4.43. The van der Waals surface area contributed by atoms with Crippen molar-refractivity contribution in [3.8, 4) is 0 Å². The zero-order valence-electron chi connectivity index (χ0n) is 10.6. The number of nitrogens with one attached hydrogen (secondary N) is 1. The molecule has 1 fully saturated rings. The van der Waals surface area contributed by atoms with Crippen molar-refractivity contribution in [1.82, 2.24) is 10.2 Å². The van der Waals surface area contributed by atoms with Gasteiger partial charge in [0, 0.05) is 23.7 Å². The number of likely N-dealkylation sites (tertiary alicyclic amines) is 1. The highest BCUT2D eigenvalue weighted by atomic mass is 35.5. The highest BCUT2D eigenvalue weighted by molar-refractivity contribution is 6.31. The highest BCUT2D eigenvalue weighted by Crippen LogP contribution is 2.22. The predicted molar refractivity (Wildman–Crippen MR) is 73.5 cm³/mol. The lowest BCUT2D eigenvalue weighted by atomic mass is 10.1. The largest absolute Gasteiger partial charge is 0.309 e. The molecule has 2 rings (SSSR count). The van der Waals surface area contributed by atoms with Crippen LogP contribution >= 0.6 is 11.6 Å². The normalized spacial score (nSPS) is 22.9. The first-order chi connectivity index (χ1) is 8.18. The summed E-state index contributed by atoms with van der Waals surface area (Å²) in [5, 5.41) is 4.44. The molecule has 0 spiro atoms. The predicted octanol–water partition coefficient (Wildman–Crippen LogP) is 3.08. The van der Waals surface area contributed by atoms with Crippen LogP contribution in [0, 0.1) is 0 Å². The molecule has 2 atom stereocenters. The van der Waals surface area contributed by atoms with E-state index in [1.165, 1.54) is 24.9 Å². The molecule has 0 radical (unpaired) electrons. The summed E-state index contributed by atoms with van der Waals surface area (Å²) in [7, 11) is 2.21. The molecule has 94 valence electrons. The first kappa shape index (κ1) is 12.9. The Labute approximate surface area is 109 Å². The smallest absolute Gasteiger partial charge is 0.0453 e. The average molecular weight is 253 g/mol. The van der Waals surface area contributed by atoms with E-state index in [-0.39, 0.29) is 0 Å². The molecule has 0 aromatic heterocycles. The van der Waals surface area contributed by atoms with Crippen molar-refractivity contribution in [1.29, 1.82) is 0 Å². The van der Waals surface area contributed by atoms with E-state index in [2.05, 4.69) is 30.3 Å². The van der Waals surface area contributed by atoms with Crippen LogP contribution in [0.25, 0.3) is 0 Å². The molecular formula is C14H21ClN2. The Morgan fingerprint density at radius 1 is 1.47 bits per heavy atom. The van der Waals surface area contributed by atoms with E-state index in [0.29, 0.717) is 12.1 Å². The van der Waals surface area contributed by atoms with Gasteiger partial charge in [0.1, 0.15) is 0 Å². The third-order valence-electron chi connectivity index (χ3n) is 3.70. The summed E-state index contributed by atoms with van der Waals surface area (Å²) < 4.78 is 0. The van der Waals surface area contributed by atoms with Crippen molar-refractivity contribution in [2.24, 2.45) is 0 Å². The van der Waals surface area contributed by atoms with Crippen molar-refractivity contribution >= 4 is 11.6 Å². The molecule has 1 N–H and O–H groups in total. The van der Waals surface area contributed by atoms with E-state index in [1.54, 1.807) is 0 Å². The van der Waals surface area contributed by atoms with Crippen LogP contribution in [0.4, 0.5) is 0 Å². The maximum atomic E-state index is 6.19. The van der Waals surface area contributed by atoms with Crippen molar-refractivity contribution in [2.75, 3.05) is 20.1 Å². The van der Waals surface area contributed by atoms with E-state index in [0.717, 1.165) is 11.6 Å². The molecule has 17 heavy (non-hydrogen) atoms. The molecule has 0 saturated carbocycles. The second kappa shape index (κ2) is 5.85. The zero-order chi connectivity index (χ0) is 12.3. The summed E-state index contributed by atoms with van der Waals surface area (Å²) >= 11 is 6.19. The summed E-state index contributed by atoms with van der Waals surface area (Å²) in [5.74, 6) is 0. The minimum atomic E-state index is 0.317. The molecule has 1 aromatic rings. The van der Waals surface area contributed by atoms with E-state index in [1.807, 2.05) is 18.2 Å². The fourth-order valence-corrected chi connectivity index (χ4v) is 2.79. The molecule has 2 nitrogen and oxygen atoms in total. The molecular weight excluding hydrogens is 232 g/mol. The second-order valence-corrected chi connectivity index (χ2v) is 5.34. The van der Waals surface area contributed by atoms with Gasteiger partial charge >= 0.3 is 0 Å². The van der Waals surface area contributed by atoms with Crippen LogP contribution < -0.4 is 5.32 Å². The standard InChI is InChI=1S/C14H21ClN2/c1-11(13-7-3-4-8-14(13)15)16-10-12-6-5-9-17(12)2/h3-4,7-8,11-12,16H,5-6,9-10H2,1-2H3. The molecule has 0 aliphatic carbocycles. The van der Waals surface area contributed by atoms with Gasteiger partial charge in [-0.3, -0.25) is 0 Å². The third kappa shape index (κ3) is 3.21. The number of rotatable bonds is 4. The SMILES string of the molecule is CC(NCC1CCCN1C)c1ccccc1Cl.